The van der Waals surface area contributed by atoms with E-state index < -0.39 is 0 Å². The molecule has 5 rings (SSSR count). The second kappa shape index (κ2) is 10.6. The number of pyridine rings is 1. The van der Waals surface area contributed by atoms with Crippen molar-refractivity contribution in [2.24, 2.45) is 0 Å². The van der Waals surface area contributed by atoms with Gasteiger partial charge in [0.05, 0.1) is 16.3 Å². The van der Waals surface area contributed by atoms with Crippen molar-refractivity contribution >= 4 is 33.2 Å². The number of amides is 2. The number of benzene rings is 2. The fourth-order valence-corrected chi connectivity index (χ4v) is 5.82. The second-order valence-electron chi connectivity index (χ2n) is 9.38. The number of hydrogen-bond acceptors (Lipinski definition) is 5. The van der Waals surface area contributed by atoms with Crippen LogP contribution in [-0.2, 0) is 4.79 Å². The molecular weight excluding hydrogens is 468 g/mol. The summed E-state index contributed by atoms with van der Waals surface area (Å²) in [6, 6.07) is 22.7. The lowest BCUT2D eigenvalue weighted by Gasteiger charge is -2.45. The van der Waals surface area contributed by atoms with Crippen LogP contribution in [0.4, 0.5) is 0 Å². The summed E-state index contributed by atoms with van der Waals surface area (Å²) in [5, 5.41) is 2.93. The lowest BCUT2D eigenvalue weighted by atomic mass is 9.93. The molecule has 2 amide bonds. The van der Waals surface area contributed by atoms with Crippen LogP contribution in [0.3, 0.4) is 0 Å². The van der Waals surface area contributed by atoms with Crippen LogP contribution in [0.15, 0.2) is 84.5 Å². The highest BCUT2D eigenvalue weighted by Gasteiger charge is 2.37. The van der Waals surface area contributed by atoms with Gasteiger partial charge < -0.3 is 9.80 Å². The Kier molecular flexibility index (Phi) is 7.11. The SMILES string of the molecule is CN(C)C(=O)CC1CN(C(=O)c2cncc3sccc23)CCN1C(c1ccccc1)c1ccccc1. The molecule has 2 aromatic heterocycles. The molecule has 0 radical (unpaired) electrons. The lowest BCUT2D eigenvalue weighted by Crippen LogP contribution is -2.56. The minimum Gasteiger partial charge on any atom is -0.349 e. The van der Waals surface area contributed by atoms with Gasteiger partial charge in [-0.15, -0.1) is 11.3 Å². The highest BCUT2D eigenvalue weighted by atomic mass is 32.1. The van der Waals surface area contributed by atoms with Gasteiger partial charge in [0.1, 0.15) is 0 Å². The van der Waals surface area contributed by atoms with E-state index in [1.54, 1.807) is 42.7 Å². The number of carbonyl (C=O) groups is 2. The summed E-state index contributed by atoms with van der Waals surface area (Å²) in [6.45, 7) is 1.73. The summed E-state index contributed by atoms with van der Waals surface area (Å²) >= 11 is 1.59. The zero-order valence-electron chi connectivity index (χ0n) is 20.6. The zero-order valence-corrected chi connectivity index (χ0v) is 21.4. The van der Waals surface area contributed by atoms with Crippen LogP contribution in [0.5, 0.6) is 0 Å². The molecule has 3 heterocycles. The van der Waals surface area contributed by atoms with Gasteiger partial charge in [-0.1, -0.05) is 60.7 Å². The number of piperazine rings is 1. The second-order valence-corrected chi connectivity index (χ2v) is 10.3. The number of nitrogens with zero attached hydrogens (tertiary/aromatic N) is 4. The molecule has 0 saturated carbocycles. The van der Waals surface area contributed by atoms with Gasteiger partial charge in [0, 0.05) is 64.0 Å². The fraction of sp³-hybridized carbons (Fsp3) is 0.276. The Labute approximate surface area is 215 Å². The Morgan fingerprint density at radius 1 is 0.972 bits per heavy atom. The molecule has 1 unspecified atom stereocenters. The van der Waals surface area contributed by atoms with E-state index >= 15 is 0 Å². The van der Waals surface area contributed by atoms with Crippen molar-refractivity contribution in [3.8, 4) is 0 Å². The summed E-state index contributed by atoms with van der Waals surface area (Å²) in [7, 11) is 3.57. The highest BCUT2D eigenvalue weighted by molar-refractivity contribution is 7.17. The van der Waals surface area contributed by atoms with Crippen molar-refractivity contribution in [3.63, 3.8) is 0 Å². The van der Waals surface area contributed by atoms with Crippen molar-refractivity contribution in [1.82, 2.24) is 19.7 Å². The molecule has 1 aliphatic rings. The van der Waals surface area contributed by atoms with Gasteiger partial charge in [-0.2, -0.15) is 0 Å². The molecule has 7 heteroatoms. The first-order valence-electron chi connectivity index (χ1n) is 12.2. The molecule has 0 N–H and O–H groups in total. The van der Waals surface area contributed by atoms with Crippen molar-refractivity contribution < 1.29 is 9.59 Å². The van der Waals surface area contributed by atoms with Crippen LogP contribution in [0, 0.1) is 0 Å². The van der Waals surface area contributed by atoms with Crippen molar-refractivity contribution in [3.05, 3.63) is 101 Å². The summed E-state index contributed by atoms with van der Waals surface area (Å²) in [6.07, 6.45) is 3.81. The maximum atomic E-state index is 13.7. The molecule has 0 bridgehead atoms. The summed E-state index contributed by atoms with van der Waals surface area (Å²) < 4.78 is 1.01. The molecule has 1 atom stereocenters. The van der Waals surface area contributed by atoms with Gasteiger partial charge in [0.15, 0.2) is 0 Å². The predicted molar refractivity (Wildman–Crippen MR) is 144 cm³/mol. The van der Waals surface area contributed by atoms with Crippen LogP contribution >= 0.6 is 11.3 Å². The number of fused-ring (bicyclic) bond motifs is 1. The van der Waals surface area contributed by atoms with Crippen molar-refractivity contribution in [1.29, 1.82) is 0 Å². The Bertz CT molecular complexity index is 1300. The highest BCUT2D eigenvalue weighted by Crippen LogP contribution is 2.34. The van der Waals surface area contributed by atoms with Gasteiger partial charge >= 0.3 is 0 Å². The summed E-state index contributed by atoms with van der Waals surface area (Å²) in [4.78, 5) is 36.8. The predicted octanol–water partition coefficient (Wildman–Crippen LogP) is 4.69. The number of rotatable bonds is 6. The van der Waals surface area contributed by atoms with Crippen LogP contribution in [0.25, 0.3) is 10.1 Å². The molecule has 0 aliphatic carbocycles. The van der Waals surface area contributed by atoms with Crippen LogP contribution in [-0.4, -0.2) is 71.3 Å². The Morgan fingerprint density at radius 2 is 1.64 bits per heavy atom. The minimum absolute atomic E-state index is 0.00779. The molecule has 184 valence electrons. The number of aromatic nitrogens is 1. The standard InChI is InChI=1S/C29H30N4O2S/c1-31(2)27(34)17-23-20-32(29(35)25-18-30-19-26-24(25)13-16-36-26)14-15-33(23)28(21-9-5-3-6-10-21)22-11-7-4-8-12-22/h3-13,16,18-19,23,28H,14-15,17,20H2,1-2H3. The van der Waals surface area contributed by atoms with Gasteiger partial charge in [0.2, 0.25) is 5.91 Å². The van der Waals surface area contributed by atoms with Crippen LogP contribution < -0.4 is 0 Å². The van der Waals surface area contributed by atoms with Gasteiger partial charge in [-0.3, -0.25) is 19.5 Å². The van der Waals surface area contributed by atoms with Crippen LogP contribution in [0.1, 0.15) is 33.9 Å². The molecule has 36 heavy (non-hydrogen) atoms. The third kappa shape index (κ3) is 4.90. The first-order valence-corrected chi connectivity index (χ1v) is 13.1. The Balaban J connectivity index is 1.49. The maximum absolute atomic E-state index is 13.7. The minimum atomic E-state index is -0.127. The van der Waals surface area contributed by atoms with E-state index in [1.165, 1.54) is 11.1 Å². The number of carbonyl (C=O) groups excluding carboxylic acids is 2. The quantitative estimate of drug-likeness (QED) is 0.387. The average molecular weight is 499 g/mol. The topological polar surface area (TPSA) is 56.8 Å². The molecule has 0 spiro atoms. The largest absolute Gasteiger partial charge is 0.349 e. The molecular formula is C29H30N4O2S. The first-order chi connectivity index (χ1) is 17.5. The summed E-state index contributed by atoms with van der Waals surface area (Å²) in [5.41, 5.74) is 2.98. The molecule has 4 aromatic rings. The van der Waals surface area contributed by atoms with Crippen molar-refractivity contribution in [2.75, 3.05) is 33.7 Å². The van der Waals surface area contributed by atoms with E-state index in [0.29, 0.717) is 31.6 Å². The fourth-order valence-electron chi connectivity index (χ4n) is 5.04. The molecule has 6 nitrogen and oxygen atoms in total. The van der Waals surface area contributed by atoms with Crippen LogP contribution in [0.2, 0.25) is 0 Å². The molecule has 1 aliphatic heterocycles. The third-order valence-electron chi connectivity index (χ3n) is 6.90. The zero-order chi connectivity index (χ0) is 25.1. The van der Waals surface area contributed by atoms with E-state index in [1.807, 2.05) is 28.5 Å². The molecule has 2 aromatic carbocycles. The van der Waals surface area contributed by atoms with E-state index in [0.717, 1.165) is 10.1 Å². The Hall–Kier alpha value is -3.55. The van der Waals surface area contributed by atoms with E-state index in [-0.39, 0.29) is 23.9 Å². The lowest BCUT2D eigenvalue weighted by molar-refractivity contribution is -0.130. The first kappa shape index (κ1) is 24.2. The monoisotopic (exact) mass is 498 g/mol. The Morgan fingerprint density at radius 3 is 2.28 bits per heavy atom. The van der Waals surface area contributed by atoms with Gasteiger partial charge in [-0.25, -0.2) is 0 Å². The molecule has 1 saturated heterocycles. The summed E-state index contributed by atoms with van der Waals surface area (Å²) in [5.74, 6) is 0.0326. The maximum Gasteiger partial charge on any atom is 0.256 e. The van der Waals surface area contributed by atoms with E-state index in [2.05, 4.69) is 58.4 Å². The van der Waals surface area contributed by atoms with Gasteiger partial charge in [-0.05, 0) is 22.6 Å². The van der Waals surface area contributed by atoms with Gasteiger partial charge in [0.25, 0.3) is 5.91 Å². The average Bonchev–Trinajstić information content (AvgIpc) is 3.40. The van der Waals surface area contributed by atoms with E-state index in [4.69, 9.17) is 0 Å². The third-order valence-corrected chi connectivity index (χ3v) is 7.75. The smallest absolute Gasteiger partial charge is 0.256 e. The normalized spacial score (nSPS) is 16.4. The molecule has 1 fully saturated rings. The van der Waals surface area contributed by atoms with E-state index in [9.17, 15) is 9.59 Å². The van der Waals surface area contributed by atoms with Crippen molar-refractivity contribution in [2.45, 2.75) is 18.5 Å². The number of hydrogen-bond donors (Lipinski definition) is 0. The number of thiophene rings is 1.